The maximum absolute atomic E-state index is 13.0. The van der Waals surface area contributed by atoms with E-state index in [0.717, 1.165) is 36.4 Å². The Balaban J connectivity index is 1.83. The Morgan fingerprint density at radius 2 is 0.611 bits per heavy atom. The molecule has 0 spiro atoms. The Morgan fingerprint density at radius 1 is 0.306 bits per heavy atom. The van der Waals surface area contributed by atoms with Crippen molar-refractivity contribution in [3.05, 3.63) is 108 Å². The molecule has 0 aliphatic rings. The van der Waals surface area contributed by atoms with E-state index < -0.39 is 35.2 Å². The van der Waals surface area contributed by atoms with Crippen LogP contribution in [0.15, 0.2) is 91.0 Å². The van der Waals surface area contributed by atoms with Crippen molar-refractivity contribution in [2.45, 2.75) is 18.5 Å². The van der Waals surface area contributed by atoms with Crippen LogP contribution in [0, 0.1) is 0 Å². The van der Waals surface area contributed by atoms with E-state index in [1.54, 1.807) is 18.2 Å². The van der Waals surface area contributed by atoms with E-state index in [9.17, 15) is 39.5 Å². The Hall–Kier alpha value is -3.75. The summed E-state index contributed by atoms with van der Waals surface area (Å²) in [6.07, 6.45) is -13.6. The molecule has 186 valence electrons. The van der Waals surface area contributed by atoms with E-state index in [1.807, 2.05) is 0 Å². The third kappa shape index (κ3) is 5.40. The molecule has 0 heterocycles. The lowest BCUT2D eigenvalue weighted by Gasteiger charge is -2.15. The standard InChI is InChI=1S/C27H15F9/c28-25(29,30)20-8-1-16(2-9-20)19-7-14-23(17-3-10-21(11-4-17)26(31,32)33)24(15-19)18-5-12-22(13-6-18)27(34,35)36/h1-15H. The quantitative estimate of drug-likeness (QED) is 0.241. The molecule has 4 aromatic rings. The molecule has 0 bridgehead atoms. The van der Waals surface area contributed by atoms with Crippen LogP contribution in [-0.4, -0.2) is 0 Å². The van der Waals surface area contributed by atoms with Crippen LogP contribution in [0.3, 0.4) is 0 Å². The molecule has 0 unspecified atom stereocenters. The van der Waals surface area contributed by atoms with Gasteiger partial charge in [-0.05, 0) is 75.8 Å². The minimum absolute atomic E-state index is 0.353. The summed E-state index contributed by atoms with van der Waals surface area (Å²) in [5, 5.41) is 0. The number of rotatable bonds is 3. The van der Waals surface area contributed by atoms with Crippen molar-refractivity contribution in [3.63, 3.8) is 0 Å². The van der Waals surface area contributed by atoms with Crippen LogP contribution in [0.1, 0.15) is 16.7 Å². The van der Waals surface area contributed by atoms with Gasteiger partial charge < -0.3 is 0 Å². The van der Waals surface area contributed by atoms with Gasteiger partial charge in [-0.2, -0.15) is 39.5 Å². The van der Waals surface area contributed by atoms with Crippen molar-refractivity contribution in [3.8, 4) is 33.4 Å². The van der Waals surface area contributed by atoms with Crippen LogP contribution >= 0.6 is 0 Å². The molecule has 0 radical (unpaired) electrons. The first kappa shape index (κ1) is 25.3. The molecule has 0 saturated carbocycles. The Kier molecular flexibility index (Phi) is 6.36. The largest absolute Gasteiger partial charge is 0.416 e. The Morgan fingerprint density at radius 3 is 0.972 bits per heavy atom. The van der Waals surface area contributed by atoms with Crippen LogP contribution in [0.4, 0.5) is 39.5 Å². The molecule has 0 atom stereocenters. The molecule has 0 aliphatic carbocycles. The van der Waals surface area contributed by atoms with Gasteiger partial charge in [0.2, 0.25) is 0 Å². The van der Waals surface area contributed by atoms with E-state index in [1.165, 1.54) is 36.4 Å². The summed E-state index contributed by atoms with van der Waals surface area (Å²) in [5.74, 6) is 0. The topological polar surface area (TPSA) is 0 Å². The van der Waals surface area contributed by atoms with Crippen LogP contribution < -0.4 is 0 Å². The van der Waals surface area contributed by atoms with Crippen molar-refractivity contribution in [2.75, 3.05) is 0 Å². The molecule has 36 heavy (non-hydrogen) atoms. The summed E-state index contributed by atoms with van der Waals surface area (Å²) < 4.78 is 117. The van der Waals surface area contributed by atoms with Gasteiger partial charge in [-0.3, -0.25) is 0 Å². The molecule has 0 saturated heterocycles. The van der Waals surface area contributed by atoms with Crippen molar-refractivity contribution in [2.24, 2.45) is 0 Å². The van der Waals surface area contributed by atoms with Gasteiger partial charge in [0, 0.05) is 0 Å². The number of hydrogen-bond acceptors (Lipinski definition) is 0. The monoisotopic (exact) mass is 510 g/mol. The predicted octanol–water partition coefficient (Wildman–Crippen LogP) is 9.74. The summed E-state index contributed by atoms with van der Waals surface area (Å²) in [7, 11) is 0. The normalized spacial score (nSPS) is 12.6. The minimum Gasteiger partial charge on any atom is -0.166 e. The summed E-state index contributed by atoms with van der Waals surface area (Å²) in [6.45, 7) is 0. The molecule has 9 heteroatoms. The zero-order valence-electron chi connectivity index (χ0n) is 18.1. The van der Waals surface area contributed by atoms with E-state index in [2.05, 4.69) is 0 Å². The summed E-state index contributed by atoms with van der Waals surface area (Å²) >= 11 is 0. The number of benzene rings is 4. The van der Waals surface area contributed by atoms with Gasteiger partial charge in [-0.15, -0.1) is 0 Å². The van der Waals surface area contributed by atoms with E-state index in [4.69, 9.17) is 0 Å². The highest BCUT2D eigenvalue weighted by molar-refractivity contribution is 5.87. The molecular weight excluding hydrogens is 495 g/mol. The molecule has 4 aromatic carbocycles. The predicted molar refractivity (Wildman–Crippen MR) is 118 cm³/mol. The maximum Gasteiger partial charge on any atom is 0.416 e. The van der Waals surface area contributed by atoms with Gasteiger partial charge in [0.1, 0.15) is 0 Å². The zero-order valence-corrected chi connectivity index (χ0v) is 18.1. The van der Waals surface area contributed by atoms with Gasteiger partial charge in [0.15, 0.2) is 0 Å². The van der Waals surface area contributed by atoms with Crippen LogP contribution in [-0.2, 0) is 18.5 Å². The molecule has 4 rings (SSSR count). The molecule has 0 amide bonds. The van der Waals surface area contributed by atoms with Gasteiger partial charge >= 0.3 is 18.5 Å². The third-order valence-corrected chi connectivity index (χ3v) is 5.61. The van der Waals surface area contributed by atoms with Gasteiger partial charge in [-0.25, -0.2) is 0 Å². The first-order valence-corrected chi connectivity index (χ1v) is 10.4. The molecule has 0 N–H and O–H groups in total. The lowest BCUT2D eigenvalue weighted by Crippen LogP contribution is -2.04. The number of alkyl halides is 9. The molecule has 0 aliphatic heterocycles. The van der Waals surface area contributed by atoms with Crippen LogP contribution in [0.2, 0.25) is 0 Å². The smallest absolute Gasteiger partial charge is 0.166 e. The highest BCUT2D eigenvalue weighted by Crippen LogP contribution is 2.39. The molecule has 0 nitrogen and oxygen atoms in total. The molecule has 0 aromatic heterocycles. The van der Waals surface area contributed by atoms with Gasteiger partial charge in [0.05, 0.1) is 16.7 Å². The van der Waals surface area contributed by atoms with E-state index >= 15 is 0 Å². The minimum atomic E-state index is -4.56. The second-order valence-electron chi connectivity index (χ2n) is 7.99. The fourth-order valence-corrected chi connectivity index (χ4v) is 3.74. The maximum atomic E-state index is 13.0. The second kappa shape index (κ2) is 9.04. The highest BCUT2D eigenvalue weighted by atomic mass is 19.4. The van der Waals surface area contributed by atoms with Gasteiger partial charge in [0.25, 0.3) is 0 Å². The van der Waals surface area contributed by atoms with Crippen molar-refractivity contribution >= 4 is 0 Å². The average molecular weight is 510 g/mol. The summed E-state index contributed by atoms with van der Waals surface area (Å²) in [4.78, 5) is 0. The SMILES string of the molecule is FC(F)(F)c1ccc(-c2ccc(-c3ccc(C(F)(F)F)cc3)c(-c3ccc(C(F)(F)F)cc3)c2)cc1. The zero-order chi connectivity index (χ0) is 26.3. The highest BCUT2D eigenvalue weighted by Gasteiger charge is 2.32. The lowest BCUT2D eigenvalue weighted by molar-refractivity contribution is -0.138. The van der Waals surface area contributed by atoms with Crippen LogP contribution in [0.5, 0.6) is 0 Å². The fraction of sp³-hybridized carbons (Fsp3) is 0.111. The van der Waals surface area contributed by atoms with Crippen molar-refractivity contribution < 1.29 is 39.5 Å². The van der Waals surface area contributed by atoms with E-state index in [-0.39, 0.29) is 0 Å². The first-order chi connectivity index (χ1) is 16.7. The molecular formula is C27H15F9. The van der Waals surface area contributed by atoms with Crippen molar-refractivity contribution in [1.29, 1.82) is 0 Å². The van der Waals surface area contributed by atoms with Gasteiger partial charge in [-0.1, -0.05) is 48.5 Å². The second-order valence-corrected chi connectivity index (χ2v) is 7.99. The third-order valence-electron chi connectivity index (χ3n) is 5.61. The first-order valence-electron chi connectivity index (χ1n) is 10.4. The Bertz CT molecular complexity index is 1340. The van der Waals surface area contributed by atoms with Crippen LogP contribution in [0.25, 0.3) is 33.4 Å². The average Bonchev–Trinajstić information content (AvgIpc) is 2.82. The molecule has 0 fully saturated rings. The lowest BCUT2D eigenvalue weighted by atomic mass is 9.90. The Labute approximate surface area is 199 Å². The fourth-order valence-electron chi connectivity index (χ4n) is 3.74. The summed E-state index contributed by atoms with van der Waals surface area (Å²) in [6, 6.07) is 17.7. The number of hydrogen-bond donors (Lipinski definition) is 0. The summed E-state index contributed by atoms with van der Waals surface area (Å²) in [5.41, 5.74) is -0.0755. The van der Waals surface area contributed by atoms with Crippen molar-refractivity contribution in [1.82, 2.24) is 0 Å². The van der Waals surface area contributed by atoms with E-state index in [0.29, 0.717) is 33.4 Å². The number of halogens is 9.